The lowest BCUT2D eigenvalue weighted by atomic mass is 10.0. The van der Waals surface area contributed by atoms with Crippen LogP contribution in [0.4, 0.5) is 0 Å². The Morgan fingerprint density at radius 2 is 2.07 bits per heavy atom. The van der Waals surface area contributed by atoms with Crippen molar-refractivity contribution in [1.82, 2.24) is 10.6 Å². The van der Waals surface area contributed by atoms with Gasteiger partial charge in [0.1, 0.15) is 0 Å². The van der Waals surface area contributed by atoms with Crippen LogP contribution >= 0.6 is 0 Å². The lowest BCUT2D eigenvalue weighted by Crippen LogP contribution is -2.44. The zero-order valence-corrected chi connectivity index (χ0v) is 9.78. The van der Waals surface area contributed by atoms with Crippen molar-refractivity contribution in [3.05, 3.63) is 0 Å². The second-order valence-corrected chi connectivity index (χ2v) is 6.47. The quantitative estimate of drug-likeness (QED) is 0.628. The number of sulfone groups is 1. The minimum atomic E-state index is -2.77. The summed E-state index contributed by atoms with van der Waals surface area (Å²) in [6, 6.07) is 0. The van der Waals surface area contributed by atoms with Crippen molar-refractivity contribution in [2.24, 2.45) is 0 Å². The van der Waals surface area contributed by atoms with Gasteiger partial charge in [0.2, 0.25) is 0 Å². The summed E-state index contributed by atoms with van der Waals surface area (Å²) in [5, 5.41) is 6.39. The average molecular weight is 220 g/mol. The van der Waals surface area contributed by atoms with Gasteiger partial charge in [-0.15, -0.1) is 0 Å². The summed E-state index contributed by atoms with van der Waals surface area (Å²) < 4.78 is 22.6. The molecule has 14 heavy (non-hydrogen) atoms. The van der Waals surface area contributed by atoms with Crippen molar-refractivity contribution in [1.29, 1.82) is 0 Å². The first kappa shape index (κ1) is 11.9. The van der Waals surface area contributed by atoms with Crippen LogP contribution in [0.2, 0.25) is 0 Å². The topological polar surface area (TPSA) is 58.2 Å². The molecule has 0 aromatic carbocycles. The van der Waals surface area contributed by atoms with Gasteiger partial charge >= 0.3 is 0 Å². The molecule has 1 heterocycles. The van der Waals surface area contributed by atoms with E-state index in [0.717, 1.165) is 25.9 Å². The highest BCUT2D eigenvalue weighted by atomic mass is 32.2. The van der Waals surface area contributed by atoms with E-state index in [1.165, 1.54) is 0 Å². The largest absolute Gasteiger partial charge is 0.320 e. The minimum absolute atomic E-state index is 0.188. The molecule has 2 N–H and O–H groups in total. The van der Waals surface area contributed by atoms with Crippen LogP contribution in [0, 0.1) is 0 Å². The molecular weight excluding hydrogens is 200 g/mol. The van der Waals surface area contributed by atoms with E-state index >= 15 is 0 Å². The van der Waals surface area contributed by atoms with Crippen LogP contribution in [0.25, 0.3) is 0 Å². The Morgan fingerprint density at radius 3 is 2.57 bits per heavy atom. The fourth-order valence-electron chi connectivity index (χ4n) is 1.81. The summed E-state index contributed by atoms with van der Waals surface area (Å²) in [4.78, 5) is 0. The van der Waals surface area contributed by atoms with E-state index in [4.69, 9.17) is 0 Å². The molecule has 0 aliphatic carbocycles. The molecule has 0 amide bonds. The van der Waals surface area contributed by atoms with Gasteiger partial charge in [0.25, 0.3) is 0 Å². The van der Waals surface area contributed by atoms with Gasteiger partial charge in [0.15, 0.2) is 9.84 Å². The predicted molar refractivity (Wildman–Crippen MR) is 58.2 cm³/mol. The lowest BCUT2D eigenvalue weighted by Gasteiger charge is -2.23. The summed E-state index contributed by atoms with van der Waals surface area (Å²) in [6.07, 6.45) is 1.78. The van der Waals surface area contributed by atoms with Crippen molar-refractivity contribution in [2.45, 2.75) is 25.3 Å². The van der Waals surface area contributed by atoms with Gasteiger partial charge < -0.3 is 10.6 Å². The number of nitrogens with one attached hydrogen (secondary N) is 2. The molecular formula is C9H20N2O2S. The van der Waals surface area contributed by atoms with E-state index in [0.29, 0.717) is 11.5 Å². The number of hydrogen-bond acceptors (Lipinski definition) is 4. The molecule has 1 atom stereocenters. The molecule has 0 radical (unpaired) electrons. The molecule has 1 unspecified atom stereocenters. The molecule has 0 saturated carbocycles. The first-order valence-electron chi connectivity index (χ1n) is 5.07. The fourth-order valence-corrected chi connectivity index (χ4v) is 3.93. The lowest BCUT2D eigenvalue weighted by molar-refractivity contribution is 0.394. The van der Waals surface area contributed by atoms with E-state index in [9.17, 15) is 8.42 Å². The molecule has 84 valence electrons. The first-order chi connectivity index (χ1) is 6.47. The average Bonchev–Trinajstić information content (AvgIpc) is 2.36. The second kappa shape index (κ2) is 4.59. The highest BCUT2D eigenvalue weighted by Gasteiger charge is 2.37. The Bertz CT molecular complexity index is 277. The molecule has 1 aliphatic rings. The van der Waals surface area contributed by atoms with Crippen molar-refractivity contribution in [3.8, 4) is 0 Å². The Kier molecular flexibility index (Phi) is 3.92. The van der Waals surface area contributed by atoms with Crippen LogP contribution in [0.5, 0.6) is 0 Å². The molecule has 1 rings (SSSR count). The van der Waals surface area contributed by atoms with Crippen LogP contribution in [0.3, 0.4) is 0 Å². The van der Waals surface area contributed by atoms with Crippen molar-refractivity contribution in [3.63, 3.8) is 0 Å². The normalized spacial score (nSPS) is 30.7. The zero-order chi connectivity index (χ0) is 10.7. The fraction of sp³-hybridized carbons (Fsp3) is 1.00. The molecule has 1 saturated heterocycles. The van der Waals surface area contributed by atoms with Gasteiger partial charge in [-0.1, -0.05) is 0 Å². The van der Waals surface area contributed by atoms with Gasteiger partial charge in [-0.3, -0.25) is 0 Å². The highest BCUT2D eigenvalue weighted by Crippen LogP contribution is 2.22. The van der Waals surface area contributed by atoms with Crippen LogP contribution in [-0.2, 0) is 9.84 Å². The van der Waals surface area contributed by atoms with E-state index < -0.39 is 9.84 Å². The Balaban J connectivity index is 2.30. The molecule has 0 spiro atoms. The predicted octanol–water partition coefficient (Wildman–Crippen LogP) is -0.237. The van der Waals surface area contributed by atoms with E-state index in [1.54, 1.807) is 0 Å². The second-order valence-electron chi connectivity index (χ2n) is 4.29. The number of rotatable bonds is 5. The third-order valence-corrected chi connectivity index (χ3v) is 4.56. The van der Waals surface area contributed by atoms with Crippen LogP contribution in [0.1, 0.15) is 19.8 Å². The van der Waals surface area contributed by atoms with Gasteiger partial charge in [0.05, 0.1) is 11.5 Å². The summed E-state index contributed by atoms with van der Waals surface area (Å²) in [7, 11) is -0.856. The van der Waals surface area contributed by atoms with Crippen LogP contribution < -0.4 is 10.6 Å². The number of hydrogen-bond donors (Lipinski definition) is 2. The molecule has 5 heteroatoms. The maximum atomic E-state index is 11.3. The Labute approximate surface area is 86.4 Å². The summed E-state index contributed by atoms with van der Waals surface area (Å²) in [5.74, 6) is 0.627. The molecule has 1 aliphatic heterocycles. The first-order valence-corrected chi connectivity index (χ1v) is 6.90. The standard InChI is InChI=1S/C9H20N2O2S/c1-9(11-6-3-5-10-2)4-7-14(12,13)8-9/h10-11H,3-8H2,1-2H3. The molecule has 0 aromatic rings. The van der Waals surface area contributed by atoms with Crippen molar-refractivity contribution < 1.29 is 8.42 Å². The molecule has 1 fully saturated rings. The Morgan fingerprint density at radius 1 is 1.36 bits per heavy atom. The van der Waals surface area contributed by atoms with Crippen LogP contribution in [0.15, 0.2) is 0 Å². The highest BCUT2D eigenvalue weighted by molar-refractivity contribution is 7.91. The van der Waals surface area contributed by atoms with E-state index in [-0.39, 0.29) is 5.54 Å². The van der Waals surface area contributed by atoms with Crippen molar-refractivity contribution >= 4 is 9.84 Å². The van der Waals surface area contributed by atoms with Crippen molar-refractivity contribution in [2.75, 3.05) is 31.6 Å². The summed E-state index contributed by atoms with van der Waals surface area (Å²) >= 11 is 0. The monoisotopic (exact) mass is 220 g/mol. The van der Waals surface area contributed by atoms with Gasteiger partial charge in [-0.05, 0) is 39.9 Å². The maximum absolute atomic E-state index is 11.3. The minimum Gasteiger partial charge on any atom is -0.320 e. The van der Waals surface area contributed by atoms with Gasteiger partial charge in [-0.2, -0.15) is 0 Å². The maximum Gasteiger partial charge on any atom is 0.152 e. The van der Waals surface area contributed by atoms with Gasteiger partial charge in [0, 0.05) is 5.54 Å². The summed E-state index contributed by atoms with van der Waals surface area (Å²) in [6.45, 7) is 3.85. The van der Waals surface area contributed by atoms with Gasteiger partial charge in [-0.25, -0.2) is 8.42 Å². The van der Waals surface area contributed by atoms with E-state index in [1.807, 2.05) is 14.0 Å². The zero-order valence-electron chi connectivity index (χ0n) is 8.97. The van der Waals surface area contributed by atoms with E-state index in [2.05, 4.69) is 10.6 Å². The smallest absolute Gasteiger partial charge is 0.152 e. The molecule has 0 aromatic heterocycles. The van der Waals surface area contributed by atoms with Crippen LogP contribution in [-0.4, -0.2) is 45.6 Å². The SMILES string of the molecule is CNCCCNC1(C)CCS(=O)(=O)C1. The Hall–Kier alpha value is -0.130. The third-order valence-electron chi connectivity index (χ3n) is 2.66. The summed E-state index contributed by atoms with van der Waals surface area (Å²) in [5.41, 5.74) is -0.188. The molecule has 4 nitrogen and oxygen atoms in total. The molecule has 0 bridgehead atoms. The third kappa shape index (κ3) is 3.55.